The van der Waals surface area contributed by atoms with Gasteiger partial charge in [-0.3, -0.25) is 9.59 Å². The van der Waals surface area contributed by atoms with Crippen molar-refractivity contribution in [1.29, 1.82) is 5.26 Å². The summed E-state index contributed by atoms with van der Waals surface area (Å²) >= 11 is 6.83. The van der Waals surface area contributed by atoms with E-state index in [4.69, 9.17) is 4.74 Å². The number of carbonyl (C=O) groups excluding carboxylic acids is 2. The molecule has 8 heteroatoms. The fraction of sp³-hybridized carbons (Fsp3) is 0.0800. The largest absolute Gasteiger partial charge is 0.482 e. The van der Waals surface area contributed by atoms with Crippen LogP contribution in [0.5, 0.6) is 5.75 Å². The highest BCUT2D eigenvalue weighted by Gasteiger charge is 2.15. The number of benzene rings is 3. The molecule has 0 aliphatic rings. The Hall–Kier alpha value is -3.41. The molecule has 0 saturated heterocycles. The Labute approximate surface area is 208 Å². The minimum Gasteiger partial charge on any atom is -0.482 e. The zero-order valence-corrected chi connectivity index (χ0v) is 20.5. The van der Waals surface area contributed by atoms with Gasteiger partial charge in [0.05, 0.1) is 4.47 Å². The van der Waals surface area contributed by atoms with Crippen molar-refractivity contribution < 1.29 is 14.3 Å². The molecular weight excluding hydrogens is 550 g/mol. The molecule has 0 fully saturated rings. The molecule has 3 aromatic carbocycles. The number of hydrogen-bond acceptors (Lipinski definition) is 4. The topological polar surface area (TPSA) is 91.2 Å². The first-order chi connectivity index (χ1) is 16.0. The van der Waals surface area contributed by atoms with Crippen LogP contribution in [0, 0.1) is 11.3 Å². The lowest BCUT2D eigenvalue weighted by atomic mass is 10.1. The molecule has 0 radical (unpaired) electrons. The molecule has 0 aliphatic heterocycles. The van der Waals surface area contributed by atoms with E-state index in [-0.39, 0.29) is 18.1 Å². The quantitative estimate of drug-likeness (QED) is 0.279. The summed E-state index contributed by atoms with van der Waals surface area (Å²) in [5, 5.41) is 15.0. The van der Waals surface area contributed by atoms with Crippen LogP contribution in [0.25, 0.3) is 6.08 Å². The van der Waals surface area contributed by atoms with E-state index in [2.05, 4.69) is 42.5 Å². The van der Waals surface area contributed by atoms with E-state index < -0.39 is 5.91 Å². The Bertz CT molecular complexity index is 1210. The van der Waals surface area contributed by atoms with Crippen LogP contribution in [0.2, 0.25) is 0 Å². The fourth-order valence-corrected chi connectivity index (χ4v) is 4.25. The molecule has 33 heavy (non-hydrogen) atoms. The van der Waals surface area contributed by atoms with Gasteiger partial charge in [0.15, 0.2) is 6.61 Å². The molecule has 0 atom stereocenters. The average molecular weight is 569 g/mol. The molecule has 2 N–H and O–H groups in total. The monoisotopic (exact) mass is 567 g/mol. The van der Waals surface area contributed by atoms with E-state index in [1.807, 2.05) is 54.6 Å². The number of halogens is 2. The number of hydrogen-bond donors (Lipinski definition) is 2. The highest BCUT2D eigenvalue weighted by Crippen LogP contribution is 2.34. The third-order valence-electron chi connectivity index (χ3n) is 4.40. The maximum Gasteiger partial charge on any atom is 0.262 e. The van der Waals surface area contributed by atoms with Gasteiger partial charge >= 0.3 is 0 Å². The molecule has 3 rings (SSSR count). The molecule has 0 aliphatic carbocycles. The number of nitriles is 1. The van der Waals surface area contributed by atoms with Crippen LogP contribution in [0.3, 0.4) is 0 Å². The summed E-state index contributed by atoms with van der Waals surface area (Å²) in [7, 11) is 0. The molecule has 0 heterocycles. The fourth-order valence-electron chi connectivity index (χ4n) is 2.87. The molecule has 166 valence electrons. The molecule has 3 aromatic rings. The van der Waals surface area contributed by atoms with Crippen LogP contribution < -0.4 is 15.4 Å². The van der Waals surface area contributed by atoms with Gasteiger partial charge in [-0.1, -0.05) is 64.5 Å². The molecule has 0 saturated carbocycles. The zero-order chi connectivity index (χ0) is 23.6. The smallest absolute Gasteiger partial charge is 0.262 e. The summed E-state index contributed by atoms with van der Waals surface area (Å²) in [6.07, 6.45) is 1.43. The van der Waals surface area contributed by atoms with Crippen LogP contribution in [0.4, 0.5) is 5.69 Å². The van der Waals surface area contributed by atoms with Crippen LogP contribution in [0.15, 0.2) is 87.3 Å². The zero-order valence-electron chi connectivity index (χ0n) is 17.3. The predicted octanol–water partition coefficient (Wildman–Crippen LogP) is 5.45. The minimum absolute atomic E-state index is 0.0884. The second kappa shape index (κ2) is 12.0. The van der Waals surface area contributed by atoms with Crippen molar-refractivity contribution in [3.63, 3.8) is 0 Å². The molecule has 0 bridgehead atoms. The van der Waals surface area contributed by atoms with E-state index in [9.17, 15) is 14.9 Å². The van der Waals surface area contributed by atoms with Crippen LogP contribution >= 0.6 is 31.9 Å². The normalized spacial score (nSPS) is 10.8. The summed E-state index contributed by atoms with van der Waals surface area (Å²) in [6, 6.07) is 23.8. The first-order valence-electron chi connectivity index (χ1n) is 9.87. The summed E-state index contributed by atoms with van der Waals surface area (Å²) < 4.78 is 7.02. The van der Waals surface area contributed by atoms with Crippen molar-refractivity contribution >= 4 is 55.4 Å². The Balaban J connectivity index is 1.75. The van der Waals surface area contributed by atoms with Crippen molar-refractivity contribution in [3.05, 3.63) is 98.4 Å². The van der Waals surface area contributed by atoms with Crippen molar-refractivity contribution in [3.8, 4) is 11.8 Å². The maximum absolute atomic E-state index is 12.6. The summed E-state index contributed by atoms with van der Waals surface area (Å²) in [5.74, 6) is -0.512. The minimum atomic E-state index is -0.509. The second-order valence-corrected chi connectivity index (χ2v) is 8.62. The summed E-state index contributed by atoms with van der Waals surface area (Å²) in [6.45, 7) is 0.0436. The molecule has 6 nitrogen and oxygen atoms in total. The van der Waals surface area contributed by atoms with E-state index in [1.54, 1.807) is 24.3 Å². The van der Waals surface area contributed by atoms with Gasteiger partial charge in [0.1, 0.15) is 17.4 Å². The first-order valence-corrected chi connectivity index (χ1v) is 11.5. The lowest BCUT2D eigenvalue weighted by Crippen LogP contribution is -2.24. The Morgan fingerprint density at radius 1 is 1.00 bits per heavy atom. The number of carbonyl (C=O) groups is 2. The number of anilines is 1. The Kier molecular flexibility index (Phi) is 8.81. The molecule has 0 spiro atoms. The third kappa shape index (κ3) is 7.31. The van der Waals surface area contributed by atoms with Crippen molar-refractivity contribution in [2.75, 3.05) is 11.9 Å². The lowest BCUT2D eigenvalue weighted by molar-refractivity contribution is -0.118. The number of rotatable bonds is 8. The molecule has 0 aromatic heterocycles. The van der Waals surface area contributed by atoms with Crippen LogP contribution in [0.1, 0.15) is 11.1 Å². The Morgan fingerprint density at radius 3 is 2.33 bits per heavy atom. The van der Waals surface area contributed by atoms with E-state index in [1.165, 1.54) is 6.08 Å². The molecule has 0 unspecified atom stereocenters. The van der Waals surface area contributed by atoms with Crippen LogP contribution in [-0.4, -0.2) is 18.4 Å². The number of amides is 2. The lowest BCUT2D eigenvalue weighted by Gasteiger charge is -2.13. The highest BCUT2D eigenvalue weighted by atomic mass is 79.9. The summed E-state index contributed by atoms with van der Waals surface area (Å²) in [4.78, 5) is 24.9. The number of para-hydroxylation sites is 1. The van der Waals surface area contributed by atoms with E-state index in [0.29, 0.717) is 32.5 Å². The maximum atomic E-state index is 12.6. The van der Waals surface area contributed by atoms with Gasteiger partial charge in [0.25, 0.3) is 11.8 Å². The Morgan fingerprint density at radius 2 is 1.67 bits per heavy atom. The van der Waals surface area contributed by atoms with Gasteiger partial charge in [0, 0.05) is 22.3 Å². The molecular formula is C25H19Br2N3O3. The van der Waals surface area contributed by atoms with Gasteiger partial charge in [0.2, 0.25) is 0 Å². The van der Waals surface area contributed by atoms with Gasteiger partial charge in [-0.25, -0.2) is 0 Å². The van der Waals surface area contributed by atoms with Crippen LogP contribution in [-0.2, 0) is 16.1 Å². The number of nitrogens with one attached hydrogen (secondary N) is 2. The van der Waals surface area contributed by atoms with Gasteiger partial charge < -0.3 is 15.4 Å². The van der Waals surface area contributed by atoms with Gasteiger partial charge in [-0.15, -0.1) is 0 Å². The van der Waals surface area contributed by atoms with E-state index >= 15 is 0 Å². The van der Waals surface area contributed by atoms with Crippen molar-refractivity contribution in [1.82, 2.24) is 5.32 Å². The van der Waals surface area contributed by atoms with Crippen molar-refractivity contribution in [2.45, 2.75) is 6.54 Å². The number of ether oxygens (including phenoxy) is 1. The molecule has 2 amide bonds. The van der Waals surface area contributed by atoms with E-state index in [0.717, 1.165) is 5.56 Å². The first kappa shape index (κ1) is 24.2. The SMILES string of the molecule is N#C/C(=C\c1cc(Br)cc(Br)c1OCC(=O)Nc1ccccc1)C(=O)NCc1ccccc1. The predicted molar refractivity (Wildman–Crippen MR) is 134 cm³/mol. The highest BCUT2D eigenvalue weighted by molar-refractivity contribution is 9.11. The number of nitrogens with zero attached hydrogens (tertiary/aromatic N) is 1. The van der Waals surface area contributed by atoms with Gasteiger partial charge in [-0.05, 0) is 51.8 Å². The standard InChI is InChI=1S/C25H19Br2N3O3/c26-20-12-18(11-19(14-28)25(32)29-15-17-7-3-1-4-8-17)24(22(27)13-20)33-16-23(31)30-21-9-5-2-6-10-21/h1-13H,15-16H2,(H,29,32)(H,30,31)/b19-11+. The second-order valence-electron chi connectivity index (χ2n) is 6.85. The summed E-state index contributed by atoms with van der Waals surface area (Å²) in [5.41, 5.74) is 1.95. The van der Waals surface area contributed by atoms with Gasteiger partial charge in [-0.2, -0.15) is 5.26 Å². The average Bonchev–Trinajstić information content (AvgIpc) is 2.81. The van der Waals surface area contributed by atoms with Crippen molar-refractivity contribution in [2.24, 2.45) is 0 Å². The third-order valence-corrected chi connectivity index (χ3v) is 5.45.